The first-order valence-electron chi connectivity index (χ1n) is 7.02. The van der Waals surface area contributed by atoms with Crippen molar-refractivity contribution in [2.24, 2.45) is 11.8 Å². The third-order valence-corrected chi connectivity index (χ3v) is 4.27. The van der Waals surface area contributed by atoms with Gasteiger partial charge in [0, 0.05) is 30.2 Å². The van der Waals surface area contributed by atoms with Crippen molar-refractivity contribution in [3.05, 3.63) is 36.0 Å². The zero-order chi connectivity index (χ0) is 13.4. The molecule has 0 bridgehead atoms. The van der Waals surface area contributed by atoms with E-state index in [2.05, 4.69) is 18.8 Å². The number of hydrogen-bond acceptors (Lipinski definition) is 1. The SMILES string of the molecule is CC(C)C1CCN(C(=O)c2c[nH]c3ccccc23)C1. The topological polar surface area (TPSA) is 36.1 Å². The molecular weight excluding hydrogens is 236 g/mol. The second-order valence-electron chi connectivity index (χ2n) is 5.79. The standard InChI is InChI=1S/C16H20N2O/c1-11(2)12-7-8-18(10-12)16(19)14-9-17-15-6-4-3-5-13(14)15/h3-6,9,11-12,17H,7-8,10H2,1-2H3. The summed E-state index contributed by atoms with van der Waals surface area (Å²) in [4.78, 5) is 17.8. The van der Waals surface area contributed by atoms with Gasteiger partial charge in [-0.3, -0.25) is 4.79 Å². The number of amides is 1. The number of rotatable bonds is 2. The number of carbonyl (C=O) groups excluding carboxylic acids is 1. The molecular formula is C16H20N2O. The Morgan fingerprint density at radius 1 is 1.37 bits per heavy atom. The maximum atomic E-state index is 12.6. The summed E-state index contributed by atoms with van der Waals surface area (Å²) in [5.41, 5.74) is 1.84. The highest BCUT2D eigenvalue weighted by molar-refractivity contribution is 6.06. The highest BCUT2D eigenvalue weighted by atomic mass is 16.2. The summed E-state index contributed by atoms with van der Waals surface area (Å²) in [6.45, 7) is 6.27. The number of benzene rings is 1. The fourth-order valence-corrected chi connectivity index (χ4v) is 2.93. The second kappa shape index (κ2) is 4.72. The monoisotopic (exact) mass is 256 g/mol. The van der Waals surface area contributed by atoms with Crippen LogP contribution in [0.15, 0.2) is 30.5 Å². The smallest absolute Gasteiger partial charge is 0.256 e. The average molecular weight is 256 g/mol. The Balaban J connectivity index is 1.85. The minimum Gasteiger partial charge on any atom is -0.360 e. The summed E-state index contributed by atoms with van der Waals surface area (Å²) in [5.74, 6) is 1.47. The molecule has 0 spiro atoms. The van der Waals surface area contributed by atoms with E-state index in [1.165, 1.54) is 0 Å². The first kappa shape index (κ1) is 12.3. The van der Waals surface area contributed by atoms with E-state index < -0.39 is 0 Å². The van der Waals surface area contributed by atoms with Crippen molar-refractivity contribution >= 4 is 16.8 Å². The van der Waals surface area contributed by atoms with E-state index in [4.69, 9.17) is 0 Å². The van der Waals surface area contributed by atoms with Gasteiger partial charge in [-0.25, -0.2) is 0 Å². The van der Waals surface area contributed by atoms with Crippen LogP contribution in [0, 0.1) is 11.8 Å². The predicted octanol–water partition coefficient (Wildman–Crippen LogP) is 3.29. The van der Waals surface area contributed by atoms with Crippen LogP contribution in [0.3, 0.4) is 0 Å². The Morgan fingerprint density at radius 3 is 2.89 bits per heavy atom. The van der Waals surface area contributed by atoms with Gasteiger partial charge < -0.3 is 9.88 Å². The van der Waals surface area contributed by atoms with Crippen LogP contribution in [0.1, 0.15) is 30.6 Å². The molecule has 100 valence electrons. The molecule has 1 fully saturated rings. The Bertz CT molecular complexity index is 600. The van der Waals surface area contributed by atoms with Crippen molar-refractivity contribution in [1.82, 2.24) is 9.88 Å². The molecule has 3 rings (SSSR count). The number of fused-ring (bicyclic) bond motifs is 1. The molecule has 1 aromatic heterocycles. The molecule has 1 saturated heterocycles. The molecule has 1 amide bonds. The Kier molecular flexibility index (Phi) is 3.05. The average Bonchev–Trinajstić information content (AvgIpc) is 3.05. The fourth-order valence-electron chi connectivity index (χ4n) is 2.93. The molecule has 1 aliphatic heterocycles. The molecule has 0 aliphatic carbocycles. The van der Waals surface area contributed by atoms with Gasteiger partial charge in [-0.1, -0.05) is 32.0 Å². The molecule has 1 aliphatic rings. The largest absolute Gasteiger partial charge is 0.360 e. The highest BCUT2D eigenvalue weighted by Crippen LogP contribution is 2.26. The van der Waals surface area contributed by atoms with E-state index in [0.717, 1.165) is 36.0 Å². The Labute approximate surface area is 113 Å². The van der Waals surface area contributed by atoms with Crippen molar-refractivity contribution in [3.8, 4) is 0 Å². The first-order chi connectivity index (χ1) is 9.16. The molecule has 2 heterocycles. The van der Waals surface area contributed by atoms with E-state index in [-0.39, 0.29) is 5.91 Å². The minimum atomic E-state index is 0.167. The third-order valence-electron chi connectivity index (χ3n) is 4.27. The summed E-state index contributed by atoms with van der Waals surface area (Å²) in [7, 11) is 0. The highest BCUT2D eigenvalue weighted by Gasteiger charge is 2.29. The summed E-state index contributed by atoms with van der Waals surface area (Å²) in [5, 5.41) is 1.03. The molecule has 1 N–H and O–H groups in total. The van der Waals surface area contributed by atoms with E-state index in [1.807, 2.05) is 35.4 Å². The van der Waals surface area contributed by atoms with Crippen molar-refractivity contribution in [3.63, 3.8) is 0 Å². The van der Waals surface area contributed by atoms with Crippen LogP contribution in [0.2, 0.25) is 0 Å². The van der Waals surface area contributed by atoms with Crippen LogP contribution >= 0.6 is 0 Å². The van der Waals surface area contributed by atoms with Crippen LogP contribution < -0.4 is 0 Å². The molecule has 1 aromatic carbocycles. The van der Waals surface area contributed by atoms with E-state index >= 15 is 0 Å². The summed E-state index contributed by atoms with van der Waals surface area (Å²) in [6.07, 6.45) is 2.97. The Morgan fingerprint density at radius 2 is 2.16 bits per heavy atom. The predicted molar refractivity (Wildman–Crippen MR) is 77.1 cm³/mol. The van der Waals surface area contributed by atoms with Crippen molar-refractivity contribution in [2.45, 2.75) is 20.3 Å². The number of nitrogens with zero attached hydrogens (tertiary/aromatic N) is 1. The van der Waals surface area contributed by atoms with E-state index in [9.17, 15) is 4.79 Å². The fraction of sp³-hybridized carbons (Fsp3) is 0.438. The van der Waals surface area contributed by atoms with Gasteiger partial charge in [0.1, 0.15) is 0 Å². The van der Waals surface area contributed by atoms with Crippen LogP contribution in [0.5, 0.6) is 0 Å². The number of likely N-dealkylation sites (tertiary alicyclic amines) is 1. The molecule has 0 saturated carbocycles. The molecule has 3 nitrogen and oxygen atoms in total. The number of hydrogen-bond donors (Lipinski definition) is 1. The van der Waals surface area contributed by atoms with Crippen molar-refractivity contribution < 1.29 is 4.79 Å². The number of para-hydroxylation sites is 1. The van der Waals surface area contributed by atoms with Crippen LogP contribution in [-0.2, 0) is 0 Å². The van der Waals surface area contributed by atoms with E-state index in [0.29, 0.717) is 11.8 Å². The quantitative estimate of drug-likeness (QED) is 0.879. The Hall–Kier alpha value is -1.77. The van der Waals surface area contributed by atoms with Crippen molar-refractivity contribution in [2.75, 3.05) is 13.1 Å². The maximum Gasteiger partial charge on any atom is 0.256 e. The number of nitrogens with one attached hydrogen (secondary N) is 1. The summed E-state index contributed by atoms with van der Waals surface area (Å²) >= 11 is 0. The summed E-state index contributed by atoms with van der Waals surface area (Å²) < 4.78 is 0. The first-order valence-corrected chi connectivity index (χ1v) is 7.02. The molecule has 19 heavy (non-hydrogen) atoms. The van der Waals surface area contributed by atoms with Gasteiger partial charge >= 0.3 is 0 Å². The number of H-pyrrole nitrogens is 1. The molecule has 2 aromatic rings. The molecule has 0 radical (unpaired) electrons. The number of aromatic amines is 1. The van der Waals surface area contributed by atoms with Crippen LogP contribution in [-0.4, -0.2) is 28.9 Å². The van der Waals surface area contributed by atoms with Gasteiger partial charge in [0.2, 0.25) is 0 Å². The van der Waals surface area contributed by atoms with Gasteiger partial charge in [-0.2, -0.15) is 0 Å². The lowest BCUT2D eigenvalue weighted by atomic mass is 9.95. The zero-order valence-corrected chi connectivity index (χ0v) is 11.5. The lowest BCUT2D eigenvalue weighted by molar-refractivity contribution is 0.0786. The van der Waals surface area contributed by atoms with Crippen molar-refractivity contribution in [1.29, 1.82) is 0 Å². The van der Waals surface area contributed by atoms with Gasteiger partial charge in [-0.05, 0) is 24.3 Å². The van der Waals surface area contributed by atoms with Crippen LogP contribution in [0.25, 0.3) is 10.9 Å². The second-order valence-corrected chi connectivity index (χ2v) is 5.79. The lowest BCUT2D eigenvalue weighted by Crippen LogP contribution is -2.29. The van der Waals surface area contributed by atoms with Crippen LogP contribution in [0.4, 0.5) is 0 Å². The zero-order valence-electron chi connectivity index (χ0n) is 11.5. The minimum absolute atomic E-state index is 0.167. The lowest BCUT2D eigenvalue weighted by Gasteiger charge is -2.17. The van der Waals surface area contributed by atoms with Gasteiger partial charge in [0.05, 0.1) is 5.56 Å². The maximum absolute atomic E-state index is 12.6. The summed E-state index contributed by atoms with van der Waals surface area (Å²) in [6, 6.07) is 7.98. The molecule has 1 atom stereocenters. The third kappa shape index (κ3) is 2.14. The van der Waals surface area contributed by atoms with E-state index in [1.54, 1.807) is 0 Å². The normalized spacial score (nSPS) is 19.5. The molecule has 3 heteroatoms. The van der Waals surface area contributed by atoms with Gasteiger partial charge in [-0.15, -0.1) is 0 Å². The number of aromatic nitrogens is 1. The van der Waals surface area contributed by atoms with Gasteiger partial charge in [0.25, 0.3) is 5.91 Å². The molecule has 1 unspecified atom stereocenters. The van der Waals surface area contributed by atoms with Gasteiger partial charge in [0.15, 0.2) is 0 Å². The number of carbonyl (C=O) groups is 1.